The van der Waals surface area contributed by atoms with Crippen molar-refractivity contribution in [3.8, 4) is 0 Å². The minimum Gasteiger partial charge on any atom is -0.0985 e. The van der Waals surface area contributed by atoms with Crippen molar-refractivity contribution in [1.82, 2.24) is 0 Å². The van der Waals surface area contributed by atoms with E-state index in [1.54, 1.807) is 0 Å². The molecule has 0 saturated heterocycles. The Balaban J connectivity index is 0.00000106. The summed E-state index contributed by atoms with van der Waals surface area (Å²) in [6.07, 6.45) is 11.5. The van der Waals surface area contributed by atoms with E-state index in [0.717, 1.165) is 6.42 Å². The van der Waals surface area contributed by atoms with Crippen molar-refractivity contribution in [3.63, 3.8) is 0 Å². The molecule has 0 aromatic rings. The fourth-order valence-electron chi connectivity index (χ4n) is 1.70. The number of hydrogen-bond acceptors (Lipinski definition) is 0. The van der Waals surface area contributed by atoms with Gasteiger partial charge in [-0.2, -0.15) is 0 Å². The predicted molar refractivity (Wildman–Crippen MR) is 75.4 cm³/mol. The van der Waals surface area contributed by atoms with Crippen LogP contribution in [0.5, 0.6) is 0 Å². The Morgan fingerprint density at radius 1 is 1.25 bits per heavy atom. The van der Waals surface area contributed by atoms with Crippen LogP contribution in [-0.2, 0) is 0 Å². The maximum atomic E-state index is 4.16. The molecule has 1 aliphatic rings. The smallest absolute Gasteiger partial charge is 0.00557 e. The van der Waals surface area contributed by atoms with Crippen LogP contribution in [-0.4, -0.2) is 0 Å². The first-order valence-corrected chi connectivity index (χ1v) is 5.99. The molecule has 0 nitrogen and oxygen atoms in total. The van der Waals surface area contributed by atoms with Crippen LogP contribution in [0, 0.1) is 5.92 Å². The van der Waals surface area contributed by atoms with Crippen LogP contribution in [0.15, 0.2) is 60.3 Å². The molecule has 0 radical (unpaired) electrons. The second-order valence-electron chi connectivity index (χ2n) is 3.80. The molecule has 1 rings (SSSR count). The van der Waals surface area contributed by atoms with E-state index >= 15 is 0 Å². The predicted octanol–water partition coefficient (Wildman–Crippen LogP) is 5.22. The van der Waals surface area contributed by atoms with Gasteiger partial charge in [-0.25, -0.2) is 0 Å². The fraction of sp³-hybridized carbons (Fsp3) is 0.375. The van der Waals surface area contributed by atoms with Crippen molar-refractivity contribution < 1.29 is 0 Å². The zero-order valence-corrected chi connectivity index (χ0v) is 11.1. The lowest BCUT2D eigenvalue weighted by Crippen LogP contribution is -2.03. The lowest BCUT2D eigenvalue weighted by Gasteiger charge is -2.18. The molecule has 0 spiro atoms. The van der Waals surface area contributed by atoms with Crippen LogP contribution in [0.4, 0.5) is 0 Å². The average molecular weight is 216 g/mol. The van der Waals surface area contributed by atoms with E-state index in [-0.39, 0.29) is 0 Å². The normalized spacial score (nSPS) is 17.1. The lowest BCUT2D eigenvalue weighted by atomic mass is 9.87. The van der Waals surface area contributed by atoms with Gasteiger partial charge in [0.15, 0.2) is 0 Å². The molecule has 1 unspecified atom stereocenters. The summed E-state index contributed by atoms with van der Waals surface area (Å²) in [6, 6.07) is 0. The maximum absolute atomic E-state index is 4.16. The summed E-state index contributed by atoms with van der Waals surface area (Å²) in [7, 11) is 0. The molecule has 0 N–H and O–H groups in total. The van der Waals surface area contributed by atoms with E-state index in [9.17, 15) is 0 Å². The Morgan fingerprint density at radius 3 is 2.25 bits per heavy atom. The zero-order valence-electron chi connectivity index (χ0n) is 11.1. The molecular formula is C16H24. The lowest BCUT2D eigenvalue weighted by molar-refractivity contribution is 0.780. The van der Waals surface area contributed by atoms with Gasteiger partial charge in [0, 0.05) is 5.92 Å². The Labute approximate surface area is 101 Å². The highest BCUT2D eigenvalue weighted by Gasteiger charge is 2.12. The highest BCUT2D eigenvalue weighted by molar-refractivity contribution is 5.43. The molecule has 0 aromatic heterocycles. The minimum absolute atomic E-state index is 0.447. The van der Waals surface area contributed by atoms with Crippen LogP contribution in [0.1, 0.15) is 34.1 Å². The largest absolute Gasteiger partial charge is 0.0985 e. The molecule has 0 aromatic carbocycles. The Hall–Kier alpha value is -1.30. The SMILES string of the molecule is C=CC(C(=C)C1C=CC=CC1)=C(C)C.CC. The summed E-state index contributed by atoms with van der Waals surface area (Å²) < 4.78 is 0. The van der Waals surface area contributed by atoms with Gasteiger partial charge in [-0.3, -0.25) is 0 Å². The first-order chi connectivity index (χ1) is 7.66. The zero-order chi connectivity index (χ0) is 12.6. The van der Waals surface area contributed by atoms with Crippen LogP contribution in [0.3, 0.4) is 0 Å². The second kappa shape index (κ2) is 7.92. The van der Waals surface area contributed by atoms with Gasteiger partial charge in [0.2, 0.25) is 0 Å². The van der Waals surface area contributed by atoms with Crippen molar-refractivity contribution in [2.24, 2.45) is 5.92 Å². The Kier molecular flexibility index (Phi) is 7.28. The van der Waals surface area contributed by atoms with Gasteiger partial charge >= 0.3 is 0 Å². The topological polar surface area (TPSA) is 0 Å². The molecule has 1 aliphatic carbocycles. The fourth-order valence-corrected chi connectivity index (χ4v) is 1.70. The van der Waals surface area contributed by atoms with Crippen molar-refractivity contribution in [2.75, 3.05) is 0 Å². The number of allylic oxidation sites excluding steroid dienone is 8. The summed E-state index contributed by atoms with van der Waals surface area (Å²) in [5, 5.41) is 0. The van der Waals surface area contributed by atoms with E-state index < -0.39 is 0 Å². The van der Waals surface area contributed by atoms with Gasteiger partial charge < -0.3 is 0 Å². The van der Waals surface area contributed by atoms with E-state index in [1.807, 2.05) is 19.9 Å². The molecule has 0 heterocycles. The van der Waals surface area contributed by atoms with Crippen LogP contribution in [0.2, 0.25) is 0 Å². The molecule has 1 atom stereocenters. The molecule has 88 valence electrons. The van der Waals surface area contributed by atoms with Crippen molar-refractivity contribution in [2.45, 2.75) is 34.1 Å². The molecule has 0 bridgehead atoms. The third-order valence-corrected chi connectivity index (χ3v) is 2.52. The third-order valence-electron chi connectivity index (χ3n) is 2.52. The quantitative estimate of drug-likeness (QED) is 0.567. The molecule has 0 amide bonds. The number of hydrogen-bond donors (Lipinski definition) is 0. The molecule has 0 saturated carbocycles. The summed E-state index contributed by atoms with van der Waals surface area (Å²) in [6.45, 7) is 16.2. The van der Waals surface area contributed by atoms with E-state index in [0.29, 0.717) is 5.92 Å². The molecule has 0 aliphatic heterocycles. The van der Waals surface area contributed by atoms with Gasteiger partial charge in [-0.1, -0.05) is 63.0 Å². The average Bonchev–Trinajstić information content (AvgIpc) is 2.33. The van der Waals surface area contributed by atoms with Crippen LogP contribution >= 0.6 is 0 Å². The monoisotopic (exact) mass is 216 g/mol. The third kappa shape index (κ3) is 4.06. The number of rotatable bonds is 3. The van der Waals surface area contributed by atoms with Crippen LogP contribution < -0.4 is 0 Å². The highest BCUT2D eigenvalue weighted by Crippen LogP contribution is 2.27. The molecule has 0 heteroatoms. The van der Waals surface area contributed by atoms with Gasteiger partial charge in [0.25, 0.3) is 0 Å². The minimum atomic E-state index is 0.447. The van der Waals surface area contributed by atoms with Crippen molar-refractivity contribution in [3.05, 3.63) is 60.3 Å². The Morgan fingerprint density at radius 2 is 1.88 bits per heavy atom. The summed E-state index contributed by atoms with van der Waals surface area (Å²) >= 11 is 0. The maximum Gasteiger partial charge on any atom is 0.00557 e. The van der Waals surface area contributed by atoms with Gasteiger partial charge in [0.05, 0.1) is 0 Å². The van der Waals surface area contributed by atoms with Crippen molar-refractivity contribution >= 4 is 0 Å². The summed E-state index contributed by atoms with van der Waals surface area (Å²) in [5.41, 5.74) is 3.67. The van der Waals surface area contributed by atoms with Gasteiger partial charge in [-0.15, -0.1) is 0 Å². The first-order valence-electron chi connectivity index (χ1n) is 5.99. The molecule has 16 heavy (non-hydrogen) atoms. The highest BCUT2D eigenvalue weighted by atomic mass is 14.2. The van der Waals surface area contributed by atoms with E-state index in [1.165, 1.54) is 16.7 Å². The van der Waals surface area contributed by atoms with E-state index in [4.69, 9.17) is 0 Å². The standard InChI is InChI=1S/C14H18.C2H6/c1-5-14(11(2)3)12(4)13-9-7-6-8-10-13;1-2/h5-9,13H,1,4,10H2,2-3H3;1-2H3. The van der Waals surface area contributed by atoms with Gasteiger partial charge in [-0.05, 0) is 31.4 Å². The van der Waals surface area contributed by atoms with Crippen molar-refractivity contribution in [1.29, 1.82) is 0 Å². The summed E-state index contributed by atoms with van der Waals surface area (Å²) in [5.74, 6) is 0.447. The van der Waals surface area contributed by atoms with Gasteiger partial charge in [0.1, 0.15) is 0 Å². The molecule has 0 fully saturated rings. The Bertz CT molecular complexity index is 320. The first kappa shape index (κ1) is 14.7. The van der Waals surface area contributed by atoms with Crippen LogP contribution in [0.25, 0.3) is 0 Å². The summed E-state index contributed by atoms with van der Waals surface area (Å²) in [4.78, 5) is 0. The second-order valence-corrected chi connectivity index (χ2v) is 3.80. The van der Waals surface area contributed by atoms with E-state index in [2.05, 4.69) is 51.3 Å². The molecular weight excluding hydrogens is 192 g/mol.